The fraction of sp³-hybridized carbons (Fsp3) is 0.111. The van der Waals surface area contributed by atoms with Gasteiger partial charge < -0.3 is 5.32 Å². The number of hydrogen-bond acceptors (Lipinski definition) is 5. The van der Waals surface area contributed by atoms with Crippen molar-refractivity contribution >= 4 is 28.6 Å². The number of hydrogen-bond donors (Lipinski definition) is 1. The minimum atomic E-state index is -0.461. The second-order valence-electron chi connectivity index (χ2n) is 5.44. The number of anilines is 1. The molecule has 1 N–H and O–H groups in total. The van der Waals surface area contributed by atoms with Gasteiger partial charge in [-0.25, -0.2) is 4.98 Å². The maximum atomic E-state index is 12.2. The van der Waals surface area contributed by atoms with E-state index in [0.29, 0.717) is 16.9 Å². The van der Waals surface area contributed by atoms with Crippen LogP contribution in [0.2, 0.25) is 0 Å². The fourth-order valence-corrected chi connectivity index (χ4v) is 3.24. The van der Waals surface area contributed by atoms with E-state index < -0.39 is 4.92 Å². The molecule has 0 saturated heterocycles. The first-order valence-corrected chi connectivity index (χ1v) is 8.46. The number of carbonyl (C=O) groups excluding carboxylic acids is 1. The van der Waals surface area contributed by atoms with E-state index in [0.717, 1.165) is 10.6 Å². The molecule has 0 aliphatic rings. The molecule has 126 valence electrons. The van der Waals surface area contributed by atoms with Crippen LogP contribution in [0.25, 0.3) is 10.6 Å². The van der Waals surface area contributed by atoms with Crippen LogP contribution in [0.4, 0.5) is 11.4 Å². The molecule has 2 aromatic carbocycles. The third-order valence-electron chi connectivity index (χ3n) is 3.69. The molecular weight excluding hydrogens is 338 g/mol. The van der Waals surface area contributed by atoms with Crippen molar-refractivity contribution in [3.05, 3.63) is 75.3 Å². The summed E-state index contributed by atoms with van der Waals surface area (Å²) in [6.45, 7) is 1.62. The lowest BCUT2D eigenvalue weighted by molar-refractivity contribution is -0.385. The number of thiazole rings is 1. The molecule has 0 spiro atoms. The van der Waals surface area contributed by atoms with Gasteiger partial charge in [0.1, 0.15) is 5.01 Å². The number of benzene rings is 2. The molecule has 0 bridgehead atoms. The van der Waals surface area contributed by atoms with Crippen LogP contribution in [0.3, 0.4) is 0 Å². The summed E-state index contributed by atoms with van der Waals surface area (Å²) in [4.78, 5) is 27.2. The zero-order valence-corrected chi connectivity index (χ0v) is 14.2. The maximum absolute atomic E-state index is 12.2. The van der Waals surface area contributed by atoms with E-state index in [-0.39, 0.29) is 18.0 Å². The summed E-state index contributed by atoms with van der Waals surface area (Å²) in [5.41, 5.74) is 2.54. The van der Waals surface area contributed by atoms with Gasteiger partial charge in [0, 0.05) is 17.0 Å². The molecule has 3 rings (SSSR count). The monoisotopic (exact) mass is 353 g/mol. The maximum Gasteiger partial charge on any atom is 0.274 e. The van der Waals surface area contributed by atoms with E-state index >= 15 is 0 Å². The second-order valence-corrected chi connectivity index (χ2v) is 6.30. The molecule has 3 aromatic rings. The van der Waals surface area contributed by atoms with Gasteiger partial charge in [-0.05, 0) is 13.0 Å². The predicted molar refractivity (Wildman–Crippen MR) is 97.7 cm³/mol. The van der Waals surface area contributed by atoms with Gasteiger partial charge in [0.15, 0.2) is 0 Å². The van der Waals surface area contributed by atoms with E-state index in [9.17, 15) is 14.9 Å². The lowest BCUT2D eigenvalue weighted by Crippen LogP contribution is -2.15. The van der Waals surface area contributed by atoms with Crippen LogP contribution < -0.4 is 5.32 Å². The Morgan fingerprint density at radius 3 is 2.68 bits per heavy atom. The first-order valence-electron chi connectivity index (χ1n) is 7.58. The largest absolute Gasteiger partial charge is 0.325 e. The summed E-state index contributed by atoms with van der Waals surface area (Å²) in [6.07, 6.45) is 0.117. The van der Waals surface area contributed by atoms with E-state index in [1.807, 2.05) is 35.7 Å². The molecule has 0 aliphatic heterocycles. The number of carbonyl (C=O) groups is 1. The summed E-state index contributed by atoms with van der Waals surface area (Å²) in [5.74, 6) is -0.256. The Bertz CT molecular complexity index is 922. The Balaban J connectivity index is 1.71. The summed E-state index contributed by atoms with van der Waals surface area (Å²) in [7, 11) is 0. The number of nitro benzene ring substituents is 1. The van der Waals surface area contributed by atoms with E-state index in [4.69, 9.17) is 0 Å². The lowest BCUT2D eigenvalue weighted by atomic mass is 10.1. The van der Waals surface area contributed by atoms with Crippen molar-refractivity contribution in [3.63, 3.8) is 0 Å². The van der Waals surface area contributed by atoms with Crippen LogP contribution in [0.1, 0.15) is 11.3 Å². The normalized spacial score (nSPS) is 10.4. The number of nitrogens with one attached hydrogen (secondary N) is 1. The number of rotatable bonds is 5. The molecule has 6 nitrogen and oxygen atoms in total. The Labute approximate surface area is 148 Å². The smallest absolute Gasteiger partial charge is 0.274 e. The highest BCUT2D eigenvalue weighted by Crippen LogP contribution is 2.26. The Kier molecular flexibility index (Phi) is 4.85. The second kappa shape index (κ2) is 7.23. The topological polar surface area (TPSA) is 85.1 Å². The Hall–Kier alpha value is -3.06. The highest BCUT2D eigenvalue weighted by molar-refractivity contribution is 7.13. The summed E-state index contributed by atoms with van der Waals surface area (Å²) < 4.78 is 0. The average Bonchev–Trinajstić information content (AvgIpc) is 3.05. The van der Waals surface area contributed by atoms with Gasteiger partial charge in [0.25, 0.3) is 5.69 Å². The zero-order chi connectivity index (χ0) is 17.8. The molecule has 7 heteroatoms. The van der Waals surface area contributed by atoms with Crippen LogP contribution >= 0.6 is 11.3 Å². The number of nitrogens with zero attached hydrogens (tertiary/aromatic N) is 2. The summed E-state index contributed by atoms with van der Waals surface area (Å²) >= 11 is 1.48. The Morgan fingerprint density at radius 1 is 1.20 bits per heavy atom. The van der Waals surface area contributed by atoms with Gasteiger partial charge in [-0.15, -0.1) is 11.3 Å². The third-order valence-corrected chi connectivity index (χ3v) is 4.63. The number of nitro groups is 1. The van der Waals surface area contributed by atoms with Crippen molar-refractivity contribution in [2.24, 2.45) is 0 Å². The van der Waals surface area contributed by atoms with Gasteiger partial charge in [-0.3, -0.25) is 14.9 Å². The van der Waals surface area contributed by atoms with Crippen molar-refractivity contribution in [2.45, 2.75) is 13.3 Å². The van der Waals surface area contributed by atoms with Gasteiger partial charge in [-0.1, -0.05) is 36.4 Å². The molecule has 1 amide bonds. The van der Waals surface area contributed by atoms with Crippen LogP contribution in [-0.4, -0.2) is 15.8 Å². The molecule has 0 radical (unpaired) electrons. The highest BCUT2D eigenvalue weighted by atomic mass is 32.1. The number of aromatic nitrogens is 1. The van der Waals surface area contributed by atoms with Crippen LogP contribution in [-0.2, 0) is 11.2 Å². The minimum Gasteiger partial charge on any atom is -0.325 e. The van der Waals surface area contributed by atoms with Crippen molar-refractivity contribution in [1.29, 1.82) is 0 Å². The van der Waals surface area contributed by atoms with Crippen molar-refractivity contribution in [1.82, 2.24) is 4.98 Å². The number of amides is 1. The third kappa shape index (κ3) is 3.89. The van der Waals surface area contributed by atoms with Crippen LogP contribution in [0.5, 0.6) is 0 Å². The average molecular weight is 353 g/mol. The minimum absolute atomic E-state index is 0.0159. The van der Waals surface area contributed by atoms with E-state index in [1.165, 1.54) is 17.4 Å². The summed E-state index contributed by atoms with van der Waals surface area (Å²) in [5, 5.41) is 16.4. The SMILES string of the molecule is Cc1c(NC(=O)Cc2csc(-c3ccccc3)n2)cccc1[N+](=O)[O-]. The van der Waals surface area contributed by atoms with Crippen molar-refractivity contribution in [2.75, 3.05) is 5.32 Å². The molecule has 0 unspecified atom stereocenters. The zero-order valence-electron chi connectivity index (χ0n) is 13.4. The summed E-state index contributed by atoms with van der Waals surface area (Å²) in [6, 6.07) is 14.4. The first-order chi connectivity index (χ1) is 12.0. The Morgan fingerprint density at radius 2 is 1.96 bits per heavy atom. The molecule has 0 atom stereocenters. The lowest BCUT2D eigenvalue weighted by Gasteiger charge is -2.07. The van der Waals surface area contributed by atoms with Crippen molar-refractivity contribution in [3.8, 4) is 10.6 Å². The quantitative estimate of drug-likeness (QED) is 0.550. The molecule has 1 heterocycles. The van der Waals surface area contributed by atoms with Crippen LogP contribution in [0, 0.1) is 17.0 Å². The fourth-order valence-electron chi connectivity index (χ4n) is 2.42. The van der Waals surface area contributed by atoms with Crippen molar-refractivity contribution < 1.29 is 9.72 Å². The van der Waals surface area contributed by atoms with E-state index in [1.54, 1.807) is 19.1 Å². The van der Waals surface area contributed by atoms with Gasteiger partial charge in [0.05, 0.1) is 28.3 Å². The molecule has 0 aliphatic carbocycles. The predicted octanol–water partition coefficient (Wildman–Crippen LogP) is 4.21. The highest BCUT2D eigenvalue weighted by Gasteiger charge is 2.15. The molecule has 0 saturated carbocycles. The van der Waals surface area contributed by atoms with Gasteiger partial charge in [-0.2, -0.15) is 0 Å². The van der Waals surface area contributed by atoms with Gasteiger partial charge >= 0.3 is 0 Å². The standard InChI is InChI=1S/C18H15N3O3S/c1-12-15(8-5-9-16(12)21(23)24)20-17(22)10-14-11-25-18(19-14)13-6-3-2-4-7-13/h2-9,11H,10H2,1H3,(H,20,22). The molecular formula is C18H15N3O3S. The molecule has 1 aromatic heterocycles. The first kappa shape index (κ1) is 16.8. The molecule has 0 fully saturated rings. The molecule has 25 heavy (non-hydrogen) atoms. The van der Waals surface area contributed by atoms with Crippen LogP contribution in [0.15, 0.2) is 53.9 Å². The van der Waals surface area contributed by atoms with Gasteiger partial charge in [0.2, 0.25) is 5.91 Å². The van der Waals surface area contributed by atoms with E-state index in [2.05, 4.69) is 10.3 Å².